The van der Waals surface area contributed by atoms with Crippen LogP contribution in [-0.2, 0) is 5.41 Å². The topological polar surface area (TPSA) is 56.7 Å². The molecule has 0 amide bonds. The quantitative estimate of drug-likeness (QED) is 0.554. The summed E-state index contributed by atoms with van der Waals surface area (Å²) in [6.45, 7) is 3.98. The normalized spacial score (nSPS) is 21.5. The summed E-state index contributed by atoms with van der Waals surface area (Å²) in [5.74, 6) is 0.559. The van der Waals surface area contributed by atoms with E-state index in [4.69, 9.17) is 0 Å². The first kappa shape index (κ1) is 17.2. The molecule has 4 nitrogen and oxygen atoms in total. The lowest BCUT2D eigenvalue weighted by Crippen LogP contribution is -2.42. The minimum absolute atomic E-state index is 0.0164. The van der Waals surface area contributed by atoms with Crippen molar-refractivity contribution in [2.45, 2.75) is 56.5 Å². The van der Waals surface area contributed by atoms with Crippen molar-refractivity contribution in [1.29, 1.82) is 0 Å². The maximum atomic E-state index is 13.5. The van der Waals surface area contributed by atoms with Crippen LogP contribution in [0.3, 0.4) is 0 Å². The maximum Gasteiger partial charge on any atom is 0.191 e. The molecule has 2 aliphatic rings. The summed E-state index contributed by atoms with van der Waals surface area (Å²) in [6, 6.07) is 6.91. The van der Waals surface area contributed by atoms with Crippen LogP contribution in [0.1, 0.15) is 51.0 Å². The van der Waals surface area contributed by atoms with Gasteiger partial charge in [0.25, 0.3) is 0 Å². The van der Waals surface area contributed by atoms with Crippen molar-refractivity contribution in [3.8, 4) is 0 Å². The molecule has 1 aromatic rings. The number of aliphatic hydroxyl groups is 1. The number of benzene rings is 1. The molecule has 2 aliphatic carbocycles. The summed E-state index contributed by atoms with van der Waals surface area (Å²) < 4.78 is 13.5. The first-order chi connectivity index (χ1) is 11.6. The summed E-state index contributed by atoms with van der Waals surface area (Å²) in [6.07, 6.45) is 5.96. The van der Waals surface area contributed by atoms with E-state index in [1.807, 2.05) is 13.0 Å². The van der Waals surface area contributed by atoms with Crippen molar-refractivity contribution < 1.29 is 9.50 Å². The average Bonchev–Trinajstić information content (AvgIpc) is 3.25. The van der Waals surface area contributed by atoms with Crippen LogP contribution in [0.15, 0.2) is 29.3 Å². The molecule has 3 N–H and O–H groups in total. The Hall–Kier alpha value is -1.62. The first-order valence-corrected chi connectivity index (χ1v) is 9.06. The van der Waals surface area contributed by atoms with Gasteiger partial charge < -0.3 is 15.7 Å². The van der Waals surface area contributed by atoms with E-state index >= 15 is 0 Å². The van der Waals surface area contributed by atoms with Gasteiger partial charge in [0, 0.05) is 18.5 Å². The van der Waals surface area contributed by atoms with Crippen molar-refractivity contribution in [3.05, 3.63) is 35.6 Å². The Bertz CT molecular complexity index is 592. The molecule has 132 valence electrons. The highest BCUT2D eigenvalue weighted by atomic mass is 19.1. The molecular formula is C19H28FN3O. The van der Waals surface area contributed by atoms with E-state index in [0.29, 0.717) is 6.54 Å². The molecule has 2 saturated carbocycles. The zero-order chi connectivity index (χ0) is 17.0. The van der Waals surface area contributed by atoms with Gasteiger partial charge in [0.2, 0.25) is 0 Å². The van der Waals surface area contributed by atoms with Crippen molar-refractivity contribution in [3.63, 3.8) is 0 Å². The zero-order valence-electron chi connectivity index (χ0n) is 14.4. The number of hydrogen-bond acceptors (Lipinski definition) is 2. The molecule has 0 atom stereocenters. The molecule has 0 spiro atoms. The Morgan fingerprint density at radius 1 is 1.21 bits per heavy atom. The monoisotopic (exact) mass is 333 g/mol. The number of nitrogens with zero attached hydrogens (tertiary/aromatic N) is 1. The molecule has 0 unspecified atom stereocenters. The van der Waals surface area contributed by atoms with Crippen molar-refractivity contribution >= 4 is 5.96 Å². The van der Waals surface area contributed by atoms with Gasteiger partial charge in [0.15, 0.2) is 5.96 Å². The summed E-state index contributed by atoms with van der Waals surface area (Å²) in [5, 5.41) is 17.1. The number of aliphatic imine (C=N–C) groups is 1. The fraction of sp³-hybridized carbons (Fsp3) is 0.632. The van der Waals surface area contributed by atoms with E-state index in [2.05, 4.69) is 15.6 Å². The molecule has 0 aliphatic heterocycles. The van der Waals surface area contributed by atoms with Crippen LogP contribution in [-0.4, -0.2) is 36.3 Å². The van der Waals surface area contributed by atoms with Crippen LogP contribution < -0.4 is 10.6 Å². The van der Waals surface area contributed by atoms with E-state index in [0.717, 1.165) is 63.1 Å². The third-order valence-electron chi connectivity index (χ3n) is 5.29. The Labute approximate surface area is 143 Å². The highest BCUT2D eigenvalue weighted by molar-refractivity contribution is 5.80. The highest BCUT2D eigenvalue weighted by Crippen LogP contribution is 2.47. The minimum atomic E-state index is -0.637. The van der Waals surface area contributed by atoms with Gasteiger partial charge in [-0.3, -0.25) is 4.99 Å². The number of hydrogen-bond donors (Lipinski definition) is 3. The molecule has 0 heterocycles. The van der Waals surface area contributed by atoms with Crippen LogP contribution in [0.25, 0.3) is 0 Å². The summed E-state index contributed by atoms with van der Waals surface area (Å²) >= 11 is 0. The number of nitrogens with one attached hydrogen (secondary N) is 2. The van der Waals surface area contributed by atoms with Crippen molar-refractivity contribution in [1.82, 2.24) is 10.6 Å². The molecule has 0 aromatic heterocycles. The van der Waals surface area contributed by atoms with Gasteiger partial charge in [-0.25, -0.2) is 4.39 Å². The van der Waals surface area contributed by atoms with Crippen LogP contribution in [0.2, 0.25) is 0 Å². The predicted molar refractivity (Wildman–Crippen MR) is 94.7 cm³/mol. The number of guanidine groups is 1. The third-order valence-corrected chi connectivity index (χ3v) is 5.29. The second kappa shape index (κ2) is 7.09. The lowest BCUT2D eigenvalue weighted by Gasteiger charge is -2.22. The van der Waals surface area contributed by atoms with Gasteiger partial charge in [-0.05, 0) is 50.3 Å². The molecular weight excluding hydrogens is 305 g/mol. The Kier molecular flexibility index (Phi) is 5.09. The Morgan fingerprint density at radius 2 is 1.96 bits per heavy atom. The molecule has 24 heavy (non-hydrogen) atoms. The molecule has 3 rings (SSSR count). The van der Waals surface area contributed by atoms with Crippen LogP contribution in [0.5, 0.6) is 0 Å². The van der Waals surface area contributed by atoms with E-state index in [-0.39, 0.29) is 11.2 Å². The second-order valence-corrected chi connectivity index (χ2v) is 7.27. The van der Waals surface area contributed by atoms with E-state index in [9.17, 15) is 9.50 Å². The smallest absolute Gasteiger partial charge is 0.191 e. The maximum absolute atomic E-state index is 13.5. The van der Waals surface area contributed by atoms with E-state index in [1.54, 1.807) is 12.1 Å². The van der Waals surface area contributed by atoms with Gasteiger partial charge in [0.1, 0.15) is 5.82 Å². The average molecular weight is 333 g/mol. The van der Waals surface area contributed by atoms with Crippen LogP contribution in [0, 0.1) is 5.82 Å². The third kappa shape index (κ3) is 4.07. The van der Waals surface area contributed by atoms with Gasteiger partial charge in [0.05, 0.1) is 12.1 Å². The fourth-order valence-corrected chi connectivity index (χ4v) is 3.55. The standard InChI is InChI=1S/C19H28FN3O/c1-2-21-17(23-14-19(24)8-3-4-9-19)22-13-18(10-11-18)15-6-5-7-16(20)12-15/h5-7,12,24H,2-4,8-11,13-14H2,1H3,(H2,21,22,23). The summed E-state index contributed by atoms with van der Waals surface area (Å²) in [5.41, 5.74) is 0.435. The van der Waals surface area contributed by atoms with Crippen molar-refractivity contribution in [2.24, 2.45) is 4.99 Å². The molecule has 0 saturated heterocycles. The first-order valence-electron chi connectivity index (χ1n) is 9.06. The van der Waals surface area contributed by atoms with Gasteiger partial charge in [-0.1, -0.05) is 25.0 Å². The zero-order valence-corrected chi connectivity index (χ0v) is 14.4. The fourth-order valence-electron chi connectivity index (χ4n) is 3.55. The van der Waals surface area contributed by atoms with E-state index < -0.39 is 5.60 Å². The lowest BCUT2D eigenvalue weighted by atomic mass is 9.96. The molecule has 5 heteroatoms. The largest absolute Gasteiger partial charge is 0.388 e. The van der Waals surface area contributed by atoms with Gasteiger partial charge in [-0.15, -0.1) is 0 Å². The minimum Gasteiger partial charge on any atom is -0.388 e. The van der Waals surface area contributed by atoms with Crippen LogP contribution >= 0.6 is 0 Å². The SMILES string of the molecule is CCNC(=NCC1(O)CCCC1)NCC1(c2cccc(F)c2)CC1. The highest BCUT2D eigenvalue weighted by Gasteiger charge is 2.44. The van der Waals surface area contributed by atoms with Gasteiger partial charge in [-0.2, -0.15) is 0 Å². The Balaban J connectivity index is 1.61. The predicted octanol–water partition coefficient (Wildman–Crippen LogP) is 2.72. The summed E-state index contributed by atoms with van der Waals surface area (Å²) in [7, 11) is 0. The molecule has 0 bridgehead atoms. The van der Waals surface area contributed by atoms with Crippen LogP contribution in [0.4, 0.5) is 4.39 Å². The molecule has 2 fully saturated rings. The second-order valence-electron chi connectivity index (χ2n) is 7.27. The summed E-state index contributed by atoms with van der Waals surface area (Å²) in [4.78, 5) is 4.58. The number of halogens is 1. The molecule has 0 radical (unpaired) electrons. The van der Waals surface area contributed by atoms with Crippen molar-refractivity contribution in [2.75, 3.05) is 19.6 Å². The lowest BCUT2D eigenvalue weighted by molar-refractivity contribution is 0.0574. The van der Waals surface area contributed by atoms with Gasteiger partial charge >= 0.3 is 0 Å². The Morgan fingerprint density at radius 3 is 2.58 bits per heavy atom. The number of rotatable bonds is 6. The van der Waals surface area contributed by atoms with E-state index in [1.165, 1.54) is 6.07 Å². The molecule has 1 aromatic carbocycles.